The Morgan fingerprint density at radius 1 is 1.38 bits per heavy atom. The summed E-state index contributed by atoms with van der Waals surface area (Å²) in [5, 5.41) is 15.3. The Bertz CT molecular complexity index is 703. The number of guanidine groups is 1. The van der Waals surface area contributed by atoms with Crippen LogP contribution >= 0.6 is 35.3 Å². The van der Waals surface area contributed by atoms with Gasteiger partial charge in [-0.1, -0.05) is 12.1 Å². The second-order valence-corrected chi connectivity index (χ2v) is 6.26. The van der Waals surface area contributed by atoms with Crippen LogP contribution in [0.4, 0.5) is 0 Å². The average Bonchev–Trinajstić information content (AvgIpc) is 2.96. The molecule has 24 heavy (non-hydrogen) atoms. The number of aliphatic imine (C=N–C) groups is 1. The molecule has 1 aromatic carbocycles. The summed E-state index contributed by atoms with van der Waals surface area (Å²) in [4.78, 5) is 11.2. The molecule has 0 aliphatic rings. The smallest absolute Gasteiger partial charge is 0.194 e. The Hall–Kier alpha value is -1.66. The maximum atomic E-state index is 8.83. The molecular weight excluding hydrogens is 433 g/mol. The number of nitrogens with one attached hydrogen (secondary N) is 1. The number of hydrogen-bond acceptors (Lipinski definition) is 4. The number of rotatable bonds is 5. The molecule has 0 aliphatic carbocycles. The summed E-state index contributed by atoms with van der Waals surface area (Å²) in [7, 11) is 2.01. The van der Waals surface area contributed by atoms with Gasteiger partial charge in [-0.25, -0.2) is 9.98 Å². The quantitative estimate of drug-likeness (QED) is 0.426. The molecule has 0 bridgehead atoms. The molecule has 1 heterocycles. The Morgan fingerprint density at radius 3 is 2.62 bits per heavy atom. The number of benzene rings is 1. The maximum Gasteiger partial charge on any atom is 0.194 e. The van der Waals surface area contributed by atoms with Gasteiger partial charge in [-0.05, 0) is 31.5 Å². The van der Waals surface area contributed by atoms with Crippen molar-refractivity contribution >= 4 is 41.3 Å². The molecule has 5 nitrogen and oxygen atoms in total. The normalized spacial score (nSPS) is 10.7. The van der Waals surface area contributed by atoms with Gasteiger partial charge in [-0.15, -0.1) is 35.3 Å². The average molecular weight is 455 g/mol. The Morgan fingerprint density at radius 2 is 2.08 bits per heavy atom. The first-order chi connectivity index (χ1) is 11.1. The van der Waals surface area contributed by atoms with E-state index in [-0.39, 0.29) is 24.0 Å². The molecule has 0 saturated carbocycles. The molecule has 0 fully saturated rings. The summed E-state index contributed by atoms with van der Waals surface area (Å²) in [6.07, 6.45) is 0. The van der Waals surface area contributed by atoms with E-state index in [2.05, 4.69) is 38.6 Å². The zero-order valence-electron chi connectivity index (χ0n) is 14.1. The molecule has 1 aromatic heterocycles. The second-order valence-electron chi connectivity index (χ2n) is 5.19. The minimum Gasteiger partial charge on any atom is -0.357 e. The minimum absolute atomic E-state index is 0. The van der Waals surface area contributed by atoms with E-state index in [0.29, 0.717) is 12.1 Å². The SMILES string of the molecule is CCNC(=NCc1ccc(C#N)cc1)N(C)Cc1csc(C)n1.I. The van der Waals surface area contributed by atoms with Crippen molar-refractivity contribution in [3.8, 4) is 6.07 Å². The lowest BCUT2D eigenvalue weighted by atomic mass is 10.1. The third-order valence-electron chi connectivity index (χ3n) is 3.26. The molecule has 1 N–H and O–H groups in total. The molecule has 2 rings (SSSR count). The van der Waals surface area contributed by atoms with Crippen LogP contribution in [-0.4, -0.2) is 29.4 Å². The van der Waals surface area contributed by atoms with Crippen LogP contribution in [0.15, 0.2) is 34.6 Å². The fourth-order valence-corrected chi connectivity index (χ4v) is 2.72. The van der Waals surface area contributed by atoms with Gasteiger partial charge in [0.1, 0.15) is 0 Å². The lowest BCUT2D eigenvalue weighted by molar-refractivity contribution is 0.471. The van der Waals surface area contributed by atoms with Gasteiger partial charge in [0, 0.05) is 19.0 Å². The van der Waals surface area contributed by atoms with Crippen molar-refractivity contribution in [3.63, 3.8) is 0 Å². The Balaban J connectivity index is 0.00000288. The van der Waals surface area contributed by atoms with Crippen molar-refractivity contribution < 1.29 is 0 Å². The van der Waals surface area contributed by atoms with Crippen LogP contribution in [0.1, 0.15) is 28.8 Å². The summed E-state index contributed by atoms with van der Waals surface area (Å²) < 4.78 is 0. The van der Waals surface area contributed by atoms with Crippen molar-refractivity contribution in [1.29, 1.82) is 5.26 Å². The van der Waals surface area contributed by atoms with Gasteiger partial charge in [0.2, 0.25) is 0 Å². The van der Waals surface area contributed by atoms with E-state index < -0.39 is 0 Å². The summed E-state index contributed by atoms with van der Waals surface area (Å²) in [6.45, 7) is 6.18. The minimum atomic E-state index is 0. The fraction of sp³-hybridized carbons (Fsp3) is 0.353. The van der Waals surface area contributed by atoms with E-state index >= 15 is 0 Å². The highest BCUT2D eigenvalue weighted by Crippen LogP contribution is 2.10. The van der Waals surface area contributed by atoms with Crippen LogP contribution in [-0.2, 0) is 13.1 Å². The molecule has 2 aromatic rings. The lowest BCUT2D eigenvalue weighted by Crippen LogP contribution is -2.38. The number of nitrogens with zero attached hydrogens (tertiary/aromatic N) is 4. The van der Waals surface area contributed by atoms with E-state index in [1.54, 1.807) is 11.3 Å². The number of aromatic nitrogens is 1. The van der Waals surface area contributed by atoms with Gasteiger partial charge in [-0.3, -0.25) is 0 Å². The highest BCUT2D eigenvalue weighted by Gasteiger charge is 2.08. The number of halogens is 1. The molecule has 0 aliphatic heterocycles. The molecule has 0 radical (unpaired) electrons. The summed E-state index contributed by atoms with van der Waals surface area (Å²) in [6, 6.07) is 9.64. The zero-order chi connectivity index (χ0) is 16.7. The maximum absolute atomic E-state index is 8.83. The predicted molar refractivity (Wildman–Crippen MR) is 110 cm³/mol. The number of hydrogen-bond donors (Lipinski definition) is 1. The third-order valence-corrected chi connectivity index (χ3v) is 4.08. The van der Waals surface area contributed by atoms with Gasteiger partial charge in [-0.2, -0.15) is 5.26 Å². The predicted octanol–water partition coefficient (Wildman–Crippen LogP) is 3.54. The second kappa shape index (κ2) is 10.3. The standard InChI is InChI=1S/C17H21N5S.HI/c1-4-19-17(22(3)11-16-12-23-13(2)21-16)20-10-15-7-5-14(9-18)6-8-15;/h5-8,12H,4,10-11H2,1-3H3,(H,19,20);1H. The Kier molecular flexibility index (Phi) is 8.71. The molecular formula is C17H22IN5S. The first-order valence-electron chi connectivity index (χ1n) is 7.52. The van der Waals surface area contributed by atoms with Crippen LogP contribution in [0.3, 0.4) is 0 Å². The van der Waals surface area contributed by atoms with Crippen molar-refractivity contribution in [2.24, 2.45) is 4.99 Å². The lowest BCUT2D eigenvalue weighted by Gasteiger charge is -2.21. The summed E-state index contributed by atoms with van der Waals surface area (Å²) in [5.41, 5.74) is 2.80. The largest absolute Gasteiger partial charge is 0.357 e. The topological polar surface area (TPSA) is 64.3 Å². The van der Waals surface area contributed by atoms with Gasteiger partial charge < -0.3 is 10.2 Å². The number of thiazole rings is 1. The number of nitriles is 1. The van der Waals surface area contributed by atoms with Crippen molar-refractivity contribution in [3.05, 3.63) is 51.5 Å². The van der Waals surface area contributed by atoms with Gasteiger partial charge >= 0.3 is 0 Å². The zero-order valence-corrected chi connectivity index (χ0v) is 17.3. The van der Waals surface area contributed by atoms with Crippen LogP contribution < -0.4 is 5.32 Å². The fourth-order valence-electron chi connectivity index (χ4n) is 2.12. The van der Waals surface area contributed by atoms with Gasteiger partial charge in [0.05, 0.1) is 35.4 Å². The highest BCUT2D eigenvalue weighted by molar-refractivity contribution is 14.0. The van der Waals surface area contributed by atoms with E-state index in [9.17, 15) is 0 Å². The monoisotopic (exact) mass is 455 g/mol. The van der Waals surface area contributed by atoms with Crippen molar-refractivity contribution in [2.75, 3.05) is 13.6 Å². The Labute approximate surface area is 164 Å². The number of aryl methyl sites for hydroxylation is 1. The van der Waals surface area contributed by atoms with Crippen LogP contribution in [0.2, 0.25) is 0 Å². The van der Waals surface area contributed by atoms with E-state index in [4.69, 9.17) is 5.26 Å². The summed E-state index contributed by atoms with van der Waals surface area (Å²) in [5.74, 6) is 0.850. The first-order valence-corrected chi connectivity index (χ1v) is 8.39. The van der Waals surface area contributed by atoms with E-state index in [1.807, 2.05) is 38.2 Å². The van der Waals surface area contributed by atoms with Crippen molar-refractivity contribution in [1.82, 2.24) is 15.2 Å². The van der Waals surface area contributed by atoms with Crippen LogP contribution in [0.25, 0.3) is 0 Å². The van der Waals surface area contributed by atoms with Crippen molar-refractivity contribution in [2.45, 2.75) is 26.9 Å². The first kappa shape index (κ1) is 20.4. The van der Waals surface area contributed by atoms with Gasteiger partial charge in [0.15, 0.2) is 5.96 Å². The third kappa shape index (κ3) is 6.09. The molecule has 128 valence electrons. The molecule has 0 amide bonds. The van der Waals surface area contributed by atoms with Crippen LogP contribution in [0.5, 0.6) is 0 Å². The summed E-state index contributed by atoms with van der Waals surface area (Å²) >= 11 is 1.66. The highest BCUT2D eigenvalue weighted by atomic mass is 127. The molecule has 0 saturated heterocycles. The van der Waals surface area contributed by atoms with E-state index in [0.717, 1.165) is 35.3 Å². The molecule has 0 spiro atoms. The molecule has 0 atom stereocenters. The van der Waals surface area contributed by atoms with E-state index in [1.165, 1.54) is 0 Å². The van der Waals surface area contributed by atoms with Gasteiger partial charge in [0.25, 0.3) is 0 Å². The molecule has 7 heteroatoms. The van der Waals surface area contributed by atoms with Crippen LogP contribution in [0, 0.1) is 18.3 Å². The molecule has 0 unspecified atom stereocenters.